The normalized spacial score (nSPS) is 10.7. The van der Waals surface area contributed by atoms with E-state index in [2.05, 4.69) is 22.6 Å². The van der Waals surface area contributed by atoms with Gasteiger partial charge in [-0.05, 0) is 52.6 Å². The van der Waals surface area contributed by atoms with Gasteiger partial charge in [0.15, 0.2) is 0 Å². The first-order valence-electron chi connectivity index (χ1n) is 3.92. The van der Waals surface area contributed by atoms with Gasteiger partial charge in [-0.15, -0.1) is 0 Å². The minimum atomic E-state index is -0.340. The number of aryl methyl sites for hydroxylation is 1. The molecule has 5 heteroatoms. The zero-order valence-corrected chi connectivity index (χ0v) is 10.3. The predicted molar refractivity (Wildman–Crippen MR) is 65.9 cm³/mol. The summed E-state index contributed by atoms with van der Waals surface area (Å²) >= 11 is 3.46. The second-order valence-corrected chi connectivity index (χ2v) is 5.21. The van der Waals surface area contributed by atoms with Crippen LogP contribution >= 0.6 is 33.9 Å². The van der Waals surface area contributed by atoms with Gasteiger partial charge < -0.3 is 0 Å². The summed E-state index contributed by atoms with van der Waals surface area (Å²) < 4.78 is 2.12. The van der Waals surface area contributed by atoms with E-state index in [4.69, 9.17) is 0 Å². The molecule has 0 aliphatic heterocycles. The zero-order valence-electron chi connectivity index (χ0n) is 7.28. The van der Waals surface area contributed by atoms with Gasteiger partial charge in [-0.25, -0.2) is 0 Å². The van der Waals surface area contributed by atoms with Crippen molar-refractivity contribution in [3.63, 3.8) is 0 Å². The van der Waals surface area contributed by atoms with Gasteiger partial charge in [0.2, 0.25) is 0 Å². The number of hydrogen-bond acceptors (Lipinski definition) is 3. The summed E-state index contributed by atoms with van der Waals surface area (Å²) in [5.41, 5.74) is 1.16. The summed E-state index contributed by atoms with van der Waals surface area (Å²) in [5.74, 6) is 0. The van der Waals surface area contributed by atoms with Gasteiger partial charge in [-0.1, -0.05) is 11.3 Å². The molecule has 14 heavy (non-hydrogen) atoms. The predicted octanol–water partition coefficient (Wildman–Crippen LogP) is 3.72. The summed E-state index contributed by atoms with van der Waals surface area (Å²) in [4.78, 5) is 10.2. The average Bonchev–Trinajstić information content (AvgIpc) is 2.48. The van der Waals surface area contributed by atoms with E-state index in [9.17, 15) is 10.1 Å². The van der Waals surface area contributed by atoms with Crippen molar-refractivity contribution in [2.45, 2.75) is 6.92 Å². The molecule has 1 aromatic heterocycles. The van der Waals surface area contributed by atoms with Crippen LogP contribution in [0.15, 0.2) is 18.2 Å². The molecular weight excluding hydrogens is 313 g/mol. The van der Waals surface area contributed by atoms with E-state index in [1.807, 2.05) is 19.1 Å². The second kappa shape index (κ2) is 3.47. The molecule has 0 radical (unpaired) electrons. The molecule has 0 saturated heterocycles. The number of halogens is 1. The van der Waals surface area contributed by atoms with E-state index in [1.54, 1.807) is 6.07 Å². The Morgan fingerprint density at radius 2 is 2.14 bits per heavy atom. The van der Waals surface area contributed by atoms with Crippen LogP contribution in [0.5, 0.6) is 0 Å². The van der Waals surface area contributed by atoms with Crippen LogP contribution < -0.4 is 0 Å². The van der Waals surface area contributed by atoms with Crippen molar-refractivity contribution >= 4 is 49.0 Å². The van der Waals surface area contributed by atoms with Crippen LogP contribution in [0.2, 0.25) is 0 Å². The highest BCUT2D eigenvalue weighted by molar-refractivity contribution is 14.1. The SMILES string of the molecule is Cc1cc2cc([N+](=O)[O-])sc2cc1I. The first-order chi connectivity index (χ1) is 6.58. The van der Waals surface area contributed by atoms with Gasteiger partial charge in [0.05, 0.1) is 4.92 Å². The molecule has 0 saturated carbocycles. The third-order valence-electron chi connectivity index (χ3n) is 1.96. The topological polar surface area (TPSA) is 43.1 Å². The molecule has 1 heterocycles. The minimum absolute atomic E-state index is 0.210. The van der Waals surface area contributed by atoms with E-state index in [-0.39, 0.29) is 9.92 Å². The van der Waals surface area contributed by atoms with Crippen molar-refractivity contribution in [2.75, 3.05) is 0 Å². The summed E-state index contributed by atoms with van der Waals surface area (Å²) in [7, 11) is 0. The smallest absolute Gasteiger partial charge is 0.258 e. The Morgan fingerprint density at radius 3 is 2.79 bits per heavy atom. The van der Waals surface area contributed by atoms with Crippen molar-refractivity contribution in [1.29, 1.82) is 0 Å². The van der Waals surface area contributed by atoms with Crippen molar-refractivity contribution in [2.24, 2.45) is 0 Å². The Morgan fingerprint density at radius 1 is 1.43 bits per heavy atom. The zero-order chi connectivity index (χ0) is 10.3. The maximum absolute atomic E-state index is 10.6. The Bertz CT molecular complexity index is 482. The van der Waals surface area contributed by atoms with Crippen molar-refractivity contribution < 1.29 is 4.92 Å². The van der Waals surface area contributed by atoms with Gasteiger partial charge >= 0.3 is 5.00 Å². The lowest BCUT2D eigenvalue weighted by Gasteiger charge is -1.95. The summed E-state index contributed by atoms with van der Waals surface area (Å²) in [6.07, 6.45) is 0. The van der Waals surface area contributed by atoms with Gasteiger partial charge in [-0.3, -0.25) is 10.1 Å². The highest BCUT2D eigenvalue weighted by Gasteiger charge is 2.11. The molecule has 0 amide bonds. The average molecular weight is 319 g/mol. The lowest BCUT2D eigenvalue weighted by atomic mass is 10.2. The molecule has 1 aromatic carbocycles. The van der Waals surface area contributed by atoms with Crippen LogP contribution in [0.1, 0.15) is 5.56 Å². The number of benzene rings is 1. The van der Waals surface area contributed by atoms with E-state index >= 15 is 0 Å². The fourth-order valence-electron chi connectivity index (χ4n) is 1.25. The first-order valence-corrected chi connectivity index (χ1v) is 5.81. The molecule has 72 valence electrons. The van der Waals surface area contributed by atoms with Crippen LogP contribution in [0.25, 0.3) is 10.1 Å². The number of thiophene rings is 1. The number of nitro groups is 1. The van der Waals surface area contributed by atoms with Gasteiger partial charge in [0.25, 0.3) is 0 Å². The summed E-state index contributed by atoms with van der Waals surface area (Å²) in [5, 5.41) is 11.7. The highest BCUT2D eigenvalue weighted by atomic mass is 127. The van der Waals surface area contributed by atoms with Crippen LogP contribution in [-0.4, -0.2) is 4.92 Å². The van der Waals surface area contributed by atoms with Crippen LogP contribution in [0.4, 0.5) is 5.00 Å². The van der Waals surface area contributed by atoms with E-state index in [1.165, 1.54) is 11.3 Å². The quantitative estimate of drug-likeness (QED) is 0.457. The Hall–Kier alpha value is -0.690. The van der Waals surface area contributed by atoms with Crippen LogP contribution in [0.3, 0.4) is 0 Å². The third-order valence-corrected chi connectivity index (χ3v) is 4.18. The van der Waals surface area contributed by atoms with E-state index in [0.29, 0.717) is 0 Å². The Kier molecular flexibility index (Phi) is 2.44. The lowest BCUT2D eigenvalue weighted by molar-refractivity contribution is -0.380. The molecule has 2 rings (SSSR count). The molecule has 0 fully saturated rings. The minimum Gasteiger partial charge on any atom is -0.258 e. The fourth-order valence-corrected chi connectivity index (χ4v) is 2.83. The summed E-state index contributed by atoms with van der Waals surface area (Å²) in [6.45, 7) is 2.00. The number of fused-ring (bicyclic) bond motifs is 1. The summed E-state index contributed by atoms with van der Waals surface area (Å²) in [6, 6.07) is 5.60. The maximum atomic E-state index is 10.6. The molecule has 0 aliphatic carbocycles. The molecule has 2 aromatic rings. The van der Waals surface area contributed by atoms with Gasteiger partial charge in [0.1, 0.15) is 0 Å². The van der Waals surface area contributed by atoms with Gasteiger partial charge in [-0.2, -0.15) is 0 Å². The molecule has 0 N–H and O–H groups in total. The number of rotatable bonds is 1. The number of nitrogens with zero attached hydrogens (tertiary/aromatic N) is 1. The molecular formula is C9H6INO2S. The van der Waals surface area contributed by atoms with Crippen molar-refractivity contribution in [3.8, 4) is 0 Å². The third kappa shape index (κ3) is 1.61. The highest BCUT2D eigenvalue weighted by Crippen LogP contribution is 2.33. The molecule has 0 unspecified atom stereocenters. The van der Waals surface area contributed by atoms with E-state index in [0.717, 1.165) is 19.2 Å². The molecule has 0 spiro atoms. The van der Waals surface area contributed by atoms with Crippen LogP contribution in [-0.2, 0) is 0 Å². The largest absolute Gasteiger partial charge is 0.325 e. The lowest BCUT2D eigenvalue weighted by Crippen LogP contribution is -1.80. The number of hydrogen-bond donors (Lipinski definition) is 0. The molecule has 0 aliphatic rings. The Labute approximate surface area is 98.0 Å². The molecule has 0 bridgehead atoms. The van der Waals surface area contributed by atoms with Gasteiger partial charge in [0, 0.05) is 14.3 Å². The molecule has 0 atom stereocenters. The maximum Gasteiger partial charge on any atom is 0.325 e. The fraction of sp³-hybridized carbons (Fsp3) is 0.111. The monoisotopic (exact) mass is 319 g/mol. The Balaban J connectivity index is 2.72. The standard InChI is InChI=1S/C9H6INO2S/c1-5-2-6-3-9(11(12)13)14-8(6)4-7(5)10/h2-4H,1H3. The van der Waals surface area contributed by atoms with E-state index < -0.39 is 0 Å². The molecule has 3 nitrogen and oxygen atoms in total. The first kappa shape index (κ1) is 9.85. The second-order valence-electron chi connectivity index (χ2n) is 2.98. The van der Waals surface area contributed by atoms with Crippen molar-refractivity contribution in [3.05, 3.63) is 37.4 Å². The van der Waals surface area contributed by atoms with Crippen LogP contribution in [0, 0.1) is 20.6 Å². The van der Waals surface area contributed by atoms with Crippen molar-refractivity contribution in [1.82, 2.24) is 0 Å².